The number of carbonyl (C=O) groups is 3. The molecule has 0 spiro atoms. The SMILES string of the molecule is Cc1cc(CNC(=O)CN2C(=O)NC(C)(C)C2=O)ccc1F. The van der Waals surface area contributed by atoms with Crippen LogP contribution in [0.15, 0.2) is 18.2 Å². The molecule has 1 aliphatic heterocycles. The van der Waals surface area contributed by atoms with Gasteiger partial charge in [-0.1, -0.05) is 12.1 Å². The first kappa shape index (κ1) is 15.9. The Hall–Kier alpha value is -2.44. The van der Waals surface area contributed by atoms with Crippen LogP contribution >= 0.6 is 0 Å². The molecule has 118 valence electrons. The predicted octanol–water partition coefficient (Wildman–Crippen LogP) is 1.08. The predicted molar refractivity (Wildman–Crippen MR) is 77.3 cm³/mol. The Morgan fingerprint density at radius 3 is 2.59 bits per heavy atom. The summed E-state index contributed by atoms with van der Waals surface area (Å²) in [6, 6.07) is 3.95. The number of nitrogens with zero attached hydrogens (tertiary/aromatic N) is 1. The van der Waals surface area contributed by atoms with Crippen LogP contribution in [0.25, 0.3) is 0 Å². The number of rotatable bonds is 4. The third-order valence-electron chi connectivity index (χ3n) is 3.46. The van der Waals surface area contributed by atoms with Gasteiger partial charge in [0.1, 0.15) is 17.9 Å². The van der Waals surface area contributed by atoms with E-state index < -0.39 is 23.4 Å². The van der Waals surface area contributed by atoms with Gasteiger partial charge in [0.2, 0.25) is 5.91 Å². The average molecular weight is 307 g/mol. The highest BCUT2D eigenvalue weighted by molar-refractivity contribution is 6.08. The fourth-order valence-corrected chi connectivity index (χ4v) is 2.18. The molecule has 0 radical (unpaired) electrons. The minimum absolute atomic E-state index is 0.201. The quantitative estimate of drug-likeness (QED) is 0.817. The molecular weight excluding hydrogens is 289 g/mol. The summed E-state index contributed by atoms with van der Waals surface area (Å²) in [5, 5.41) is 5.11. The van der Waals surface area contributed by atoms with Crippen LogP contribution < -0.4 is 10.6 Å². The second-order valence-electron chi connectivity index (χ2n) is 5.81. The summed E-state index contributed by atoms with van der Waals surface area (Å²) in [4.78, 5) is 36.4. The number of carbonyl (C=O) groups excluding carboxylic acids is 3. The third kappa shape index (κ3) is 3.24. The van der Waals surface area contributed by atoms with E-state index in [2.05, 4.69) is 10.6 Å². The topological polar surface area (TPSA) is 78.5 Å². The monoisotopic (exact) mass is 307 g/mol. The maximum atomic E-state index is 13.2. The standard InChI is InChI=1S/C15H18FN3O3/c1-9-6-10(4-5-11(9)16)7-17-12(20)8-19-13(21)15(2,3)18-14(19)22/h4-6H,7-8H2,1-3H3,(H,17,20)(H,18,22). The van der Waals surface area contributed by atoms with Crippen LogP contribution in [0.2, 0.25) is 0 Å². The molecule has 0 bridgehead atoms. The van der Waals surface area contributed by atoms with E-state index in [1.807, 2.05) is 0 Å². The van der Waals surface area contributed by atoms with Crippen molar-refractivity contribution in [2.75, 3.05) is 6.54 Å². The minimum atomic E-state index is -0.995. The summed E-state index contributed by atoms with van der Waals surface area (Å²) in [6.07, 6.45) is 0. The molecule has 6 nitrogen and oxygen atoms in total. The Morgan fingerprint density at radius 1 is 1.36 bits per heavy atom. The van der Waals surface area contributed by atoms with Gasteiger partial charge in [-0.15, -0.1) is 0 Å². The highest BCUT2D eigenvalue weighted by atomic mass is 19.1. The van der Waals surface area contributed by atoms with Gasteiger partial charge < -0.3 is 10.6 Å². The van der Waals surface area contributed by atoms with Gasteiger partial charge in [-0.3, -0.25) is 14.5 Å². The van der Waals surface area contributed by atoms with Gasteiger partial charge in [-0.25, -0.2) is 9.18 Å². The molecule has 22 heavy (non-hydrogen) atoms. The molecule has 2 N–H and O–H groups in total. The zero-order chi connectivity index (χ0) is 16.5. The number of imide groups is 1. The molecule has 1 fully saturated rings. The molecule has 1 aromatic rings. The van der Waals surface area contributed by atoms with Crippen molar-refractivity contribution in [3.8, 4) is 0 Å². The van der Waals surface area contributed by atoms with Crippen molar-refractivity contribution in [3.63, 3.8) is 0 Å². The van der Waals surface area contributed by atoms with Gasteiger partial charge >= 0.3 is 6.03 Å². The number of aryl methyl sites for hydroxylation is 1. The van der Waals surface area contributed by atoms with Crippen molar-refractivity contribution in [1.29, 1.82) is 0 Å². The highest BCUT2D eigenvalue weighted by Crippen LogP contribution is 2.16. The van der Waals surface area contributed by atoms with E-state index in [1.54, 1.807) is 32.9 Å². The molecule has 1 heterocycles. The lowest BCUT2D eigenvalue weighted by molar-refractivity contribution is -0.134. The summed E-state index contributed by atoms with van der Waals surface area (Å²) in [5.74, 6) is -1.20. The van der Waals surface area contributed by atoms with E-state index in [-0.39, 0.29) is 18.9 Å². The Kier molecular flexibility index (Phi) is 4.16. The first-order valence-electron chi connectivity index (χ1n) is 6.86. The Bertz CT molecular complexity index is 643. The average Bonchev–Trinajstić information content (AvgIpc) is 2.62. The highest BCUT2D eigenvalue weighted by Gasteiger charge is 2.44. The molecule has 0 aromatic heterocycles. The number of hydrogen-bond donors (Lipinski definition) is 2. The largest absolute Gasteiger partial charge is 0.350 e. The van der Waals surface area contributed by atoms with Crippen LogP contribution in [0.5, 0.6) is 0 Å². The summed E-state index contributed by atoms with van der Waals surface area (Å²) in [7, 11) is 0. The molecule has 7 heteroatoms. The van der Waals surface area contributed by atoms with E-state index in [9.17, 15) is 18.8 Å². The van der Waals surface area contributed by atoms with Crippen molar-refractivity contribution in [3.05, 3.63) is 35.1 Å². The molecular formula is C15H18FN3O3. The van der Waals surface area contributed by atoms with Crippen LogP contribution in [0.4, 0.5) is 9.18 Å². The molecule has 0 atom stereocenters. The lowest BCUT2D eigenvalue weighted by Gasteiger charge is -2.15. The first-order valence-corrected chi connectivity index (χ1v) is 6.86. The molecule has 1 saturated heterocycles. The van der Waals surface area contributed by atoms with Crippen molar-refractivity contribution in [2.24, 2.45) is 0 Å². The second-order valence-corrected chi connectivity index (χ2v) is 5.81. The van der Waals surface area contributed by atoms with E-state index in [0.29, 0.717) is 5.56 Å². The summed E-state index contributed by atoms with van der Waals surface area (Å²) in [5.41, 5.74) is 0.234. The second kappa shape index (κ2) is 5.75. The van der Waals surface area contributed by atoms with Gasteiger partial charge in [0.25, 0.3) is 5.91 Å². The Morgan fingerprint density at radius 2 is 2.05 bits per heavy atom. The summed E-state index contributed by atoms with van der Waals surface area (Å²) >= 11 is 0. The van der Waals surface area contributed by atoms with Gasteiger partial charge in [0.15, 0.2) is 0 Å². The third-order valence-corrected chi connectivity index (χ3v) is 3.46. The summed E-state index contributed by atoms with van der Waals surface area (Å²) < 4.78 is 13.2. The lowest BCUT2D eigenvalue weighted by atomic mass is 10.1. The van der Waals surface area contributed by atoms with Crippen molar-refractivity contribution >= 4 is 17.8 Å². The maximum absolute atomic E-state index is 13.2. The molecule has 0 unspecified atom stereocenters. The Labute approximate surface area is 127 Å². The first-order chi connectivity index (χ1) is 10.2. The van der Waals surface area contributed by atoms with Crippen LogP contribution in [0, 0.1) is 12.7 Å². The molecule has 0 aliphatic carbocycles. The van der Waals surface area contributed by atoms with E-state index in [1.165, 1.54) is 6.07 Å². The van der Waals surface area contributed by atoms with Gasteiger partial charge in [0.05, 0.1) is 0 Å². The normalized spacial score (nSPS) is 16.6. The van der Waals surface area contributed by atoms with Crippen molar-refractivity contribution < 1.29 is 18.8 Å². The Balaban J connectivity index is 1.92. The van der Waals surface area contributed by atoms with Crippen LogP contribution in [-0.4, -0.2) is 34.8 Å². The fraction of sp³-hybridized carbons (Fsp3) is 0.400. The number of benzene rings is 1. The van der Waals surface area contributed by atoms with Crippen LogP contribution in [0.3, 0.4) is 0 Å². The molecule has 0 saturated carbocycles. The summed E-state index contributed by atoms with van der Waals surface area (Å²) in [6.45, 7) is 4.65. The number of urea groups is 1. The number of nitrogens with one attached hydrogen (secondary N) is 2. The van der Waals surface area contributed by atoms with Crippen LogP contribution in [-0.2, 0) is 16.1 Å². The number of amides is 4. The van der Waals surface area contributed by atoms with Gasteiger partial charge in [-0.2, -0.15) is 0 Å². The number of halogens is 1. The lowest BCUT2D eigenvalue weighted by Crippen LogP contribution is -2.43. The zero-order valence-electron chi connectivity index (χ0n) is 12.7. The molecule has 1 aromatic carbocycles. The minimum Gasteiger partial charge on any atom is -0.350 e. The van der Waals surface area contributed by atoms with Crippen molar-refractivity contribution in [1.82, 2.24) is 15.5 Å². The maximum Gasteiger partial charge on any atom is 0.325 e. The van der Waals surface area contributed by atoms with Gasteiger partial charge in [0, 0.05) is 6.54 Å². The van der Waals surface area contributed by atoms with Crippen LogP contribution in [0.1, 0.15) is 25.0 Å². The smallest absolute Gasteiger partial charge is 0.325 e. The zero-order valence-corrected chi connectivity index (χ0v) is 12.7. The molecule has 4 amide bonds. The van der Waals surface area contributed by atoms with E-state index in [4.69, 9.17) is 0 Å². The molecule has 1 aliphatic rings. The van der Waals surface area contributed by atoms with E-state index >= 15 is 0 Å². The van der Waals surface area contributed by atoms with Gasteiger partial charge in [-0.05, 0) is 38.0 Å². The number of hydrogen-bond acceptors (Lipinski definition) is 3. The van der Waals surface area contributed by atoms with Crippen molar-refractivity contribution in [2.45, 2.75) is 32.9 Å². The van der Waals surface area contributed by atoms with E-state index in [0.717, 1.165) is 10.5 Å². The fourth-order valence-electron chi connectivity index (χ4n) is 2.18. The molecule has 2 rings (SSSR count).